The number of rotatable bonds is 6. The standard InChI is InChI=1S/C19H24N2O2/c1-4-5-11-21-15(3)12-14(2)17(19(21)23)18(22)20-13-16-9-7-6-8-10-16/h6-10,12H,4-5,11,13H2,1-3H3,(H,20,22). The van der Waals surface area contributed by atoms with Crippen molar-refractivity contribution in [2.45, 2.75) is 46.7 Å². The van der Waals surface area contributed by atoms with Crippen LogP contribution in [-0.2, 0) is 13.1 Å². The third-order valence-corrected chi connectivity index (χ3v) is 3.96. The third-order valence-electron chi connectivity index (χ3n) is 3.96. The predicted octanol–water partition coefficient (Wildman–Crippen LogP) is 3.20. The number of aryl methyl sites for hydroxylation is 2. The number of aromatic nitrogens is 1. The Labute approximate surface area is 137 Å². The maximum Gasteiger partial charge on any atom is 0.263 e. The van der Waals surface area contributed by atoms with Crippen molar-refractivity contribution in [2.75, 3.05) is 0 Å². The van der Waals surface area contributed by atoms with Crippen LogP contribution >= 0.6 is 0 Å². The van der Waals surface area contributed by atoms with Gasteiger partial charge < -0.3 is 9.88 Å². The van der Waals surface area contributed by atoms with Crippen molar-refractivity contribution in [2.24, 2.45) is 0 Å². The van der Waals surface area contributed by atoms with E-state index in [1.54, 1.807) is 4.57 Å². The van der Waals surface area contributed by atoms with Gasteiger partial charge in [0.05, 0.1) is 0 Å². The van der Waals surface area contributed by atoms with Gasteiger partial charge >= 0.3 is 0 Å². The molecule has 0 spiro atoms. The van der Waals surface area contributed by atoms with Gasteiger partial charge in [-0.25, -0.2) is 0 Å². The summed E-state index contributed by atoms with van der Waals surface area (Å²) in [6.07, 6.45) is 1.93. The summed E-state index contributed by atoms with van der Waals surface area (Å²) in [5.74, 6) is -0.304. The summed E-state index contributed by atoms with van der Waals surface area (Å²) in [6.45, 7) is 6.88. The highest BCUT2D eigenvalue weighted by Gasteiger charge is 2.17. The maximum atomic E-state index is 12.7. The zero-order chi connectivity index (χ0) is 16.8. The van der Waals surface area contributed by atoms with Crippen LogP contribution in [-0.4, -0.2) is 10.5 Å². The second kappa shape index (κ2) is 7.77. The zero-order valence-corrected chi connectivity index (χ0v) is 14.1. The molecule has 4 heteroatoms. The number of nitrogens with zero attached hydrogens (tertiary/aromatic N) is 1. The summed E-state index contributed by atoms with van der Waals surface area (Å²) in [4.78, 5) is 25.1. The molecule has 2 rings (SSSR count). The van der Waals surface area contributed by atoms with Crippen LogP contribution in [0.3, 0.4) is 0 Å². The molecule has 0 fully saturated rings. The largest absolute Gasteiger partial charge is 0.348 e. The summed E-state index contributed by atoms with van der Waals surface area (Å²) in [5.41, 5.74) is 2.70. The van der Waals surface area contributed by atoms with E-state index in [-0.39, 0.29) is 17.0 Å². The Morgan fingerprint density at radius 1 is 1.17 bits per heavy atom. The fourth-order valence-electron chi connectivity index (χ4n) is 2.66. The first-order chi connectivity index (χ1) is 11.0. The van der Waals surface area contributed by atoms with Crippen LogP contribution in [0.5, 0.6) is 0 Å². The monoisotopic (exact) mass is 312 g/mol. The van der Waals surface area contributed by atoms with Gasteiger partial charge in [-0.15, -0.1) is 0 Å². The van der Waals surface area contributed by atoms with E-state index in [0.29, 0.717) is 13.1 Å². The van der Waals surface area contributed by atoms with Gasteiger partial charge in [-0.3, -0.25) is 9.59 Å². The van der Waals surface area contributed by atoms with Crippen molar-refractivity contribution in [1.82, 2.24) is 9.88 Å². The number of nitrogens with one attached hydrogen (secondary N) is 1. The molecular weight excluding hydrogens is 288 g/mol. The lowest BCUT2D eigenvalue weighted by atomic mass is 10.1. The Morgan fingerprint density at radius 2 is 1.87 bits per heavy atom. The Balaban J connectivity index is 2.24. The van der Waals surface area contributed by atoms with Gasteiger partial charge in [0.25, 0.3) is 11.5 Å². The number of unbranched alkanes of at least 4 members (excludes halogenated alkanes) is 1. The number of hydrogen-bond donors (Lipinski definition) is 1. The van der Waals surface area contributed by atoms with E-state index < -0.39 is 0 Å². The fraction of sp³-hybridized carbons (Fsp3) is 0.368. The van der Waals surface area contributed by atoms with Crippen LogP contribution in [0, 0.1) is 13.8 Å². The van der Waals surface area contributed by atoms with E-state index in [2.05, 4.69) is 12.2 Å². The number of carbonyl (C=O) groups excluding carboxylic acids is 1. The maximum absolute atomic E-state index is 12.7. The highest BCUT2D eigenvalue weighted by molar-refractivity contribution is 5.95. The van der Waals surface area contributed by atoms with Gasteiger partial charge in [0.2, 0.25) is 0 Å². The van der Waals surface area contributed by atoms with Crippen LogP contribution in [0.1, 0.15) is 46.9 Å². The minimum absolute atomic E-state index is 0.193. The van der Waals surface area contributed by atoms with Gasteiger partial charge in [0, 0.05) is 18.8 Å². The summed E-state index contributed by atoms with van der Waals surface area (Å²) in [6, 6.07) is 11.6. The minimum atomic E-state index is -0.304. The SMILES string of the molecule is CCCCn1c(C)cc(C)c(C(=O)NCc2ccccc2)c1=O. The van der Waals surface area contributed by atoms with Crippen LogP contribution in [0.25, 0.3) is 0 Å². The summed E-state index contributed by atoms with van der Waals surface area (Å²) in [5, 5.41) is 2.85. The molecule has 0 saturated heterocycles. The van der Waals surface area contributed by atoms with E-state index in [0.717, 1.165) is 29.7 Å². The van der Waals surface area contributed by atoms with Crippen LogP contribution in [0.2, 0.25) is 0 Å². The number of benzene rings is 1. The Hall–Kier alpha value is -2.36. The molecular formula is C19H24N2O2. The number of carbonyl (C=O) groups is 1. The van der Waals surface area contributed by atoms with Crippen molar-refractivity contribution in [3.8, 4) is 0 Å². The second-order valence-electron chi connectivity index (χ2n) is 5.82. The van der Waals surface area contributed by atoms with Gasteiger partial charge in [-0.05, 0) is 37.5 Å². The number of hydrogen-bond acceptors (Lipinski definition) is 2. The fourth-order valence-corrected chi connectivity index (χ4v) is 2.66. The van der Waals surface area contributed by atoms with E-state index in [1.807, 2.05) is 50.2 Å². The van der Waals surface area contributed by atoms with Crippen molar-refractivity contribution in [3.05, 3.63) is 69.1 Å². The molecule has 1 N–H and O–H groups in total. The molecule has 0 aliphatic heterocycles. The van der Waals surface area contributed by atoms with Gasteiger partial charge in [0.1, 0.15) is 5.56 Å². The summed E-state index contributed by atoms with van der Waals surface area (Å²) in [7, 11) is 0. The molecule has 0 radical (unpaired) electrons. The normalized spacial score (nSPS) is 10.6. The zero-order valence-electron chi connectivity index (χ0n) is 14.1. The van der Waals surface area contributed by atoms with E-state index in [9.17, 15) is 9.59 Å². The van der Waals surface area contributed by atoms with E-state index in [1.165, 1.54) is 0 Å². The summed E-state index contributed by atoms with van der Waals surface area (Å²) < 4.78 is 1.70. The van der Waals surface area contributed by atoms with Crippen molar-refractivity contribution in [3.63, 3.8) is 0 Å². The summed E-state index contributed by atoms with van der Waals surface area (Å²) >= 11 is 0. The lowest BCUT2D eigenvalue weighted by Crippen LogP contribution is -2.35. The average molecular weight is 312 g/mol. The van der Waals surface area contributed by atoms with Crippen molar-refractivity contribution < 1.29 is 4.79 Å². The molecule has 0 saturated carbocycles. The number of pyridine rings is 1. The first-order valence-electron chi connectivity index (χ1n) is 8.07. The molecule has 4 nitrogen and oxygen atoms in total. The molecule has 1 aromatic heterocycles. The first-order valence-corrected chi connectivity index (χ1v) is 8.07. The topological polar surface area (TPSA) is 51.1 Å². The van der Waals surface area contributed by atoms with Crippen molar-refractivity contribution >= 4 is 5.91 Å². The molecule has 122 valence electrons. The highest BCUT2D eigenvalue weighted by Crippen LogP contribution is 2.08. The lowest BCUT2D eigenvalue weighted by Gasteiger charge is -2.14. The smallest absolute Gasteiger partial charge is 0.263 e. The average Bonchev–Trinajstić information content (AvgIpc) is 2.53. The lowest BCUT2D eigenvalue weighted by molar-refractivity contribution is 0.0948. The van der Waals surface area contributed by atoms with Crippen LogP contribution in [0.15, 0.2) is 41.2 Å². The Kier molecular flexibility index (Phi) is 5.74. The van der Waals surface area contributed by atoms with E-state index in [4.69, 9.17) is 0 Å². The molecule has 0 bridgehead atoms. The number of amides is 1. The van der Waals surface area contributed by atoms with Gasteiger partial charge in [-0.1, -0.05) is 43.7 Å². The van der Waals surface area contributed by atoms with Crippen LogP contribution in [0.4, 0.5) is 0 Å². The predicted molar refractivity (Wildman–Crippen MR) is 92.7 cm³/mol. The highest BCUT2D eigenvalue weighted by atomic mass is 16.2. The molecule has 0 atom stereocenters. The van der Waals surface area contributed by atoms with E-state index >= 15 is 0 Å². The molecule has 23 heavy (non-hydrogen) atoms. The van der Waals surface area contributed by atoms with Gasteiger partial charge in [0.15, 0.2) is 0 Å². The molecule has 1 heterocycles. The molecule has 0 unspecified atom stereocenters. The van der Waals surface area contributed by atoms with Gasteiger partial charge in [-0.2, -0.15) is 0 Å². The molecule has 0 aliphatic rings. The van der Waals surface area contributed by atoms with Crippen molar-refractivity contribution in [1.29, 1.82) is 0 Å². The quantitative estimate of drug-likeness (QED) is 0.890. The molecule has 0 aliphatic carbocycles. The third kappa shape index (κ3) is 4.09. The van der Waals surface area contributed by atoms with Crippen LogP contribution < -0.4 is 10.9 Å². The molecule has 2 aromatic rings. The molecule has 1 amide bonds. The Morgan fingerprint density at radius 3 is 2.52 bits per heavy atom. The minimum Gasteiger partial charge on any atom is -0.348 e. The second-order valence-corrected chi connectivity index (χ2v) is 5.82. The first kappa shape index (κ1) is 17.0. The Bertz CT molecular complexity index is 733. The molecule has 1 aromatic carbocycles.